The topological polar surface area (TPSA) is 12.2 Å². The van der Waals surface area contributed by atoms with Crippen LogP contribution >= 0.6 is 0 Å². The maximum Gasteiger partial charge on any atom is 0.292 e. The van der Waals surface area contributed by atoms with E-state index in [1.807, 2.05) is 18.2 Å². The maximum absolute atomic E-state index is 5.95. The molecule has 0 bridgehead atoms. The summed E-state index contributed by atoms with van der Waals surface area (Å²) in [6.45, 7) is 7.00. The fraction of sp³-hybridized carbons (Fsp3) is 0.235. The quantitative estimate of drug-likeness (QED) is 0.704. The molecule has 0 saturated carbocycles. The van der Waals surface area contributed by atoms with Crippen molar-refractivity contribution in [3.05, 3.63) is 58.7 Å². The van der Waals surface area contributed by atoms with Crippen molar-refractivity contribution in [2.75, 3.05) is 6.73 Å². The zero-order valence-corrected chi connectivity index (χ0v) is 11.6. The molecule has 0 amide bonds. The van der Waals surface area contributed by atoms with Gasteiger partial charge in [-0.3, -0.25) is 0 Å². The standard InChI is InChI=1S/C17H18NO/c1-12-9-15-10-18(16-7-5-4-6-8-16)11-19-17(15)14(3)13(12)2/h4-10H,11H2,1-3H3/q+1. The normalized spacial score (nSPS) is 13.5. The predicted octanol–water partition coefficient (Wildman–Crippen LogP) is 3.72. The molecule has 2 aromatic rings. The van der Waals surface area contributed by atoms with Gasteiger partial charge in [-0.2, -0.15) is 4.58 Å². The monoisotopic (exact) mass is 252 g/mol. The molecule has 0 saturated heterocycles. The third-order valence-corrected chi connectivity index (χ3v) is 3.86. The van der Waals surface area contributed by atoms with Crippen molar-refractivity contribution in [1.29, 1.82) is 0 Å². The van der Waals surface area contributed by atoms with Crippen molar-refractivity contribution in [2.45, 2.75) is 20.8 Å². The molecular formula is C17H18NO+. The molecule has 1 aliphatic heterocycles. The summed E-state index contributed by atoms with van der Waals surface area (Å²) in [5, 5.41) is 0. The van der Waals surface area contributed by atoms with Crippen LogP contribution in [0.15, 0.2) is 36.4 Å². The van der Waals surface area contributed by atoms with Gasteiger partial charge in [0.2, 0.25) is 5.69 Å². The van der Waals surface area contributed by atoms with Crippen LogP contribution in [0.1, 0.15) is 22.3 Å². The zero-order valence-electron chi connectivity index (χ0n) is 11.6. The van der Waals surface area contributed by atoms with Crippen molar-refractivity contribution in [3.63, 3.8) is 0 Å². The first-order chi connectivity index (χ1) is 9.16. The highest BCUT2D eigenvalue weighted by Gasteiger charge is 2.21. The van der Waals surface area contributed by atoms with Crippen LogP contribution in [0.25, 0.3) is 0 Å². The van der Waals surface area contributed by atoms with Gasteiger partial charge in [0.25, 0.3) is 6.73 Å². The van der Waals surface area contributed by atoms with Crippen LogP contribution in [0.4, 0.5) is 5.69 Å². The molecule has 96 valence electrons. The first kappa shape index (κ1) is 12.0. The Morgan fingerprint density at radius 2 is 1.74 bits per heavy atom. The highest BCUT2D eigenvalue weighted by atomic mass is 16.5. The summed E-state index contributed by atoms with van der Waals surface area (Å²) in [4.78, 5) is 0. The second-order valence-electron chi connectivity index (χ2n) is 5.07. The summed E-state index contributed by atoms with van der Waals surface area (Å²) in [5.74, 6) is 1.02. The van der Waals surface area contributed by atoms with E-state index in [1.165, 1.54) is 16.7 Å². The SMILES string of the molecule is Cc1cc2c(c(C)c1C)OC[N+](c1ccccc1)=C2. The molecule has 2 aromatic carbocycles. The van der Waals surface area contributed by atoms with E-state index in [1.54, 1.807) is 0 Å². The fourth-order valence-corrected chi connectivity index (χ4v) is 2.48. The zero-order chi connectivity index (χ0) is 13.4. The number of nitrogens with zero attached hydrogens (tertiary/aromatic N) is 1. The lowest BCUT2D eigenvalue weighted by Gasteiger charge is -2.18. The van der Waals surface area contributed by atoms with Gasteiger partial charge in [0.15, 0.2) is 6.21 Å². The van der Waals surface area contributed by atoms with Gasteiger partial charge in [0, 0.05) is 12.1 Å². The minimum atomic E-state index is 0.570. The summed E-state index contributed by atoms with van der Waals surface area (Å²) in [6, 6.07) is 12.5. The van der Waals surface area contributed by atoms with Gasteiger partial charge in [-0.15, -0.1) is 0 Å². The lowest BCUT2D eigenvalue weighted by Crippen LogP contribution is -2.21. The summed E-state index contributed by atoms with van der Waals surface area (Å²) in [6.07, 6.45) is 2.17. The highest BCUT2D eigenvalue weighted by molar-refractivity contribution is 5.83. The predicted molar refractivity (Wildman–Crippen MR) is 77.7 cm³/mol. The lowest BCUT2D eigenvalue weighted by molar-refractivity contribution is -0.476. The molecule has 0 fully saturated rings. The lowest BCUT2D eigenvalue weighted by atomic mass is 9.99. The van der Waals surface area contributed by atoms with E-state index in [2.05, 4.69) is 49.8 Å². The van der Waals surface area contributed by atoms with Gasteiger partial charge >= 0.3 is 0 Å². The van der Waals surface area contributed by atoms with Crippen LogP contribution in [0.2, 0.25) is 0 Å². The largest absolute Gasteiger partial charge is 0.435 e. The number of hydrogen-bond donors (Lipinski definition) is 0. The van der Waals surface area contributed by atoms with Crippen LogP contribution in [-0.2, 0) is 0 Å². The number of hydrogen-bond acceptors (Lipinski definition) is 1. The average Bonchev–Trinajstić information content (AvgIpc) is 2.45. The molecule has 0 N–H and O–H groups in total. The first-order valence-electron chi connectivity index (χ1n) is 6.57. The minimum Gasteiger partial charge on any atom is -0.435 e. The Morgan fingerprint density at radius 1 is 1.00 bits per heavy atom. The number of aryl methyl sites for hydroxylation is 1. The van der Waals surface area contributed by atoms with Gasteiger partial charge < -0.3 is 4.74 Å². The van der Waals surface area contributed by atoms with Gasteiger partial charge in [-0.1, -0.05) is 18.2 Å². The molecule has 2 nitrogen and oxygen atoms in total. The van der Waals surface area contributed by atoms with Gasteiger partial charge in [-0.25, -0.2) is 0 Å². The van der Waals surface area contributed by atoms with E-state index in [0.717, 1.165) is 17.0 Å². The van der Waals surface area contributed by atoms with E-state index in [-0.39, 0.29) is 0 Å². The summed E-state index contributed by atoms with van der Waals surface area (Å²) >= 11 is 0. The molecule has 1 heterocycles. The highest BCUT2D eigenvalue weighted by Crippen LogP contribution is 2.30. The molecule has 0 unspecified atom stereocenters. The van der Waals surface area contributed by atoms with Crippen LogP contribution in [0.5, 0.6) is 5.75 Å². The molecule has 3 rings (SSSR count). The molecular weight excluding hydrogens is 234 g/mol. The Bertz CT molecular complexity index is 657. The molecule has 0 radical (unpaired) electrons. The molecule has 1 aliphatic rings. The first-order valence-corrected chi connectivity index (χ1v) is 6.57. The number of ether oxygens (including phenoxy) is 1. The summed E-state index contributed by atoms with van der Waals surface area (Å²) < 4.78 is 8.09. The number of benzene rings is 2. The van der Waals surface area contributed by atoms with Crippen molar-refractivity contribution in [2.24, 2.45) is 0 Å². The van der Waals surface area contributed by atoms with Gasteiger partial charge in [0.1, 0.15) is 5.75 Å². The number of fused-ring (bicyclic) bond motifs is 1. The molecule has 19 heavy (non-hydrogen) atoms. The molecule has 0 spiro atoms. The number of rotatable bonds is 1. The van der Waals surface area contributed by atoms with Crippen molar-refractivity contribution < 1.29 is 9.31 Å². The summed E-state index contributed by atoms with van der Waals surface area (Å²) in [5.41, 5.74) is 6.20. The second-order valence-corrected chi connectivity index (χ2v) is 5.07. The smallest absolute Gasteiger partial charge is 0.292 e. The second kappa shape index (κ2) is 4.54. The van der Waals surface area contributed by atoms with E-state index in [4.69, 9.17) is 4.74 Å². The molecule has 2 heteroatoms. The fourth-order valence-electron chi connectivity index (χ4n) is 2.48. The van der Waals surface area contributed by atoms with E-state index in [9.17, 15) is 0 Å². The Labute approximate surface area is 114 Å². The third-order valence-electron chi connectivity index (χ3n) is 3.86. The Kier molecular flexibility index (Phi) is 2.86. The number of para-hydroxylation sites is 1. The van der Waals surface area contributed by atoms with Gasteiger partial charge in [-0.05, 0) is 43.5 Å². The molecule has 0 aromatic heterocycles. The third kappa shape index (κ3) is 2.03. The van der Waals surface area contributed by atoms with Crippen molar-refractivity contribution in [1.82, 2.24) is 0 Å². The Balaban J connectivity index is 2.11. The van der Waals surface area contributed by atoms with Crippen LogP contribution < -0.4 is 4.74 Å². The average molecular weight is 252 g/mol. The minimum absolute atomic E-state index is 0.570. The van der Waals surface area contributed by atoms with Gasteiger partial charge in [0.05, 0.1) is 5.56 Å². The van der Waals surface area contributed by atoms with Crippen LogP contribution in [0.3, 0.4) is 0 Å². The van der Waals surface area contributed by atoms with Crippen LogP contribution in [-0.4, -0.2) is 17.5 Å². The van der Waals surface area contributed by atoms with E-state index >= 15 is 0 Å². The van der Waals surface area contributed by atoms with E-state index < -0.39 is 0 Å². The van der Waals surface area contributed by atoms with Crippen LogP contribution in [0, 0.1) is 20.8 Å². The van der Waals surface area contributed by atoms with Crippen molar-refractivity contribution >= 4 is 11.9 Å². The van der Waals surface area contributed by atoms with E-state index in [0.29, 0.717) is 6.73 Å². The van der Waals surface area contributed by atoms with Crippen molar-refractivity contribution in [3.8, 4) is 5.75 Å². The Hall–Kier alpha value is -2.09. The summed E-state index contributed by atoms with van der Waals surface area (Å²) in [7, 11) is 0. The Morgan fingerprint density at radius 3 is 2.47 bits per heavy atom. The molecule has 0 atom stereocenters. The molecule has 0 aliphatic carbocycles. The maximum atomic E-state index is 5.95.